The molecule has 92 valence electrons. The molecule has 2 aliphatic rings. The van der Waals surface area contributed by atoms with Crippen molar-refractivity contribution in [3.8, 4) is 0 Å². The van der Waals surface area contributed by atoms with Crippen LogP contribution in [0.3, 0.4) is 0 Å². The molecule has 0 saturated heterocycles. The molecular formula is C15H17N3. The zero-order chi connectivity index (χ0) is 12.5. The summed E-state index contributed by atoms with van der Waals surface area (Å²) in [6, 6.07) is 8.12. The molecule has 3 nitrogen and oxygen atoms in total. The minimum absolute atomic E-state index is 0.568. The highest BCUT2D eigenvalue weighted by atomic mass is 15.3. The molecule has 1 aliphatic carbocycles. The summed E-state index contributed by atoms with van der Waals surface area (Å²) in [6.07, 6.45) is 5.56. The maximum atomic E-state index is 4.11. The quantitative estimate of drug-likeness (QED) is 0.803. The number of nitrogens with zero attached hydrogens (tertiary/aromatic N) is 2. The highest BCUT2D eigenvalue weighted by Gasteiger charge is 2.27. The number of anilines is 1. The predicted molar refractivity (Wildman–Crippen MR) is 76.1 cm³/mol. The summed E-state index contributed by atoms with van der Waals surface area (Å²) < 4.78 is 0. The first-order valence-corrected chi connectivity index (χ1v) is 6.29. The van der Waals surface area contributed by atoms with E-state index in [1.54, 1.807) is 0 Å². The van der Waals surface area contributed by atoms with Crippen LogP contribution in [0.15, 0.2) is 52.8 Å². The molecule has 1 atom stereocenters. The number of rotatable bonds is 2. The molecule has 1 N–H and O–H groups in total. The lowest BCUT2D eigenvalue weighted by Crippen LogP contribution is -2.23. The van der Waals surface area contributed by atoms with Crippen LogP contribution in [0.25, 0.3) is 0 Å². The zero-order valence-corrected chi connectivity index (χ0v) is 10.6. The lowest BCUT2D eigenvalue weighted by atomic mass is 9.97. The highest BCUT2D eigenvalue weighted by Crippen LogP contribution is 2.36. The monoisotopic (exact) mass is 239 g/mol. The van der Waals surface area contributed by atoms with E-state index in [0.717, 1.165) is 24.5 Å². The number of nitrogens with one attached hydrogen (secondary N) is 1. The second-order valence-corrected chi connectivity index (χ2v) is 4.75. The first kappa shape index (κ1) is 11.1. The fraction of sp³-hybridized carbons (Fsp3) is 0.267. The molecule has 0 aromatic heterocycles. The molecule has 0 bridgehead atoms. The van der Waals surface area contributed by atoms with Crippen molar-refractivity contribution in [2.45, 2.75) is 13.3 Å². The van der Waals surface area contributed by atoms with Gasteiger partial charge >= 0.3 is 0 Å². The van der Waals surface area contributed by atoms with Gasteiger partial charge in [-0.05, 0) is 31.3 Å². The average molecular weight is 239 g/mol. The molecule has 1 heterocycles. The smallest absolute Gasteiger partial charge is 0.0925 e. The van der Waals surface area contributed by atoms with Crippen molar-refractivity contribution in [2.24, 2.45) is 10.9 Å². The summed E-state index contributed by atoms with van der Waals surface area (Å²) >= 11 is 0. The van der Waals surface area contributed by atoms with E-state index in [4.69, 9.17) is 0 Å². The third kappa shape index (κ3) is 1.63. The van der Waals surface area contributed by atoms with E-state index in [9.17, 15) is 0 Å². The van der Waals surface area contributed by atoms with E-state index >= 15 is 0 Å². The Labute approximate surface area is 108 Å². The van der Waals surface area contributed by atoms with Crippen LogP contribution in [-0.4, -0.2) is 13.4 Å². The fourth-order valence-electron chi connectivity index (χ4n) is 2.63. The molecule has 0 fully saturated rings. The maximum Gasteiger partial charge on any atom is 0.0925 e. The van der Waals surface area contributed by atoms with E-state index < -0.39 is 0 Å². The maximum absolute atomic E-state index is 4.11. The third-order valence-corrected chi connectivity index (χ3v) is 3.60. The van der Waals surface area contributed by atoms with Crippen LogP contribution in [-0.2, 0) is 0 Å². The fourth-order valence-corrected chi connectivity index (χ4v) is 2.63. The zero-order valence-electron chi connectivity index (χ0n) is 10.6. The van der Waals surface area contributed by atoms with Crippen LogP contribution >= 0.6 is 0 Å². The van der Waals surface area contributed by atoms with Crippen LogP contribution in [0.2, 0.25) is 0 Å². The minimum Gasteiger partial charge on any atom is -0.369 e. The van der Waals surface area contributed by atoms with Gasteiger partial charge in [0.25, 0.3) is 0 Å². The van der Waals surface area contributed by atoms with E-state index in [2.05, 4.69) is 47.1 Å². The summed E-state index contributed by atoms with van der Waals surface area (Å²) in [4.78, 5) is 6.37. The van der Waals surface area contributed by atoms with Crippen LogP contribution in [0, 0.1) is 5.92 Å². The van der Waals surface area contributed by atoms with Crippen molar-refractivity contribution in [3.63, 3.8) is 0 Å². The summed E-state index contributed by atoms with van der Waals surface area (Å²) in [5.41, 5.74) is 4.66. The molecule has 0 radical (unpaired) electrons. The van der Waals surface area contributed by atoms with Crippen molar-refractivity contribution < 1.29 is 0 Å². The van der Waals surface area contributed by atoms with Gasteiger partial charge in [-0.1, -0.05) is 25.1 Å². The Balaban J connectivity index is 2.04. The first-order chi connectivity index (χ1) is 8.81. The number of hydrogen-bond acceptors (Lipinski definition) is 3. The van der Waals surface area contributed by atoms with Crippen LogP contribution in [0.4, 0.5) is 11.4 Å². The molecule has 0 spiro atoms. The topological polar surface area (TPSA) is 27.6 Å². The Kier molecular flexibility index (Phi) is 2.67. The Bertz CT molecular complexity index is 542. The van der Waals surface area contributed by atoms with Crippen LogP contribution in [0.5, 0.6) is 0 Å². The van der Waals surface area contributed by atoms with Crippen molar-refractivity contribution in [3.05, 3.63) is 47.8 Å². The lowest BCUT2D eigenvalue weighted by molar-refractivity contribution is 0.633. The van der Waals surface area contributed by atoms with Crippen molar-refractivity contribution in [2.75, 3.05) is 11.6 Å². The number of hydrogen-bond donors (Lipinski definition) is 1. The van der Waals surface area contributed by atoms with Gasteiger partial charge in [0.05, 0.1) is 23.7 Å². The predicted octanol–water partition coefficient (Wildman–Crippen LogP) is 3.19. The van der Waals surface area contributed by atoms with Gasteiger partial charge in [-0.3, -0.25) is 4.99 Å². The largest absolute Gasteiger partial charge is 0.369 e. The van der Waals surface area contributed by atoms with E-state index in [1.165, 1.54) is 11.4 Å². The van der Waals surface area contributed by atoms with Gasteiger partial charge in [-0.15, -0.1) is 0 Å². The standard InChI is InChI=1S/C15H17N3/c1-11-6-5-9-14-15(11)17-10-18(14)13-8-4-3-7-12(13)16-2/h3-5,7-9,11,17H,2,6,10H2,1H3. The van der Waals surface area contributed by atoms with Gasteiger partial charge in [0, 0.05) is 11.6 Å². The van der Waals surface area contributed by atoms with Crippen molar-refractivity contribution >= 4 is 18.1 Å². The van der Waals surface area contributed by atoms with E-state index in [0.29, 0.717) is 5.92 Å². The average Bonchev–Trinajstić information content (AvgIpc) is 2.84. The Morgan fingerprint density at radius 3 is 3.06 bits per heavy atom. The van der Waals surface area contributed by atoms with Gasteiger partial charge in [0.15, 0.2) is 0 Å². The number of para-hydroxylation sites is 2. The molecule has 0 saturated carbocycles. The lowest BCUT2D eigenvalue weighted by Gasteiger charge is -2.23. The molecular weight excluding hydrogens is 222 g/mol. The molecule has 3 heteroatoms. The van der Waals surface area contributed by atoms with Crippen molar-refractivity contribution in [1.82, 2.24) is 5.32 Å². The second-order valence-electron chi connectivity index (χ2n) is 4.75. The minimum atomic E-state index is 0.568. The Hall–Kier alpha value is -2.03. The van der Waals surface area contributed by atoms with Crippen molar-refractivity contribution in [1.29, 1.82) is 0 Å². The molecule has 1 aromatic rings. The molecule has 1 unspecified atom stereocenters. The molecule has 0 amide bonds. The highest BCUT2D eigenvalue weighted by molar-refractivity contribution is 5.73. The number of allylic oxidation sites excluding steroid dienone is 3. The number of aliphatic imine (C=N–C) groups is 1. The van der Waals surface area contributed by atoms with Gasteiger partial charge in [0.2, 0.25) is 0 Å². The van der Waals surface area contributed by atoms with Gasteiger partial charge < -0.3 is 10.2 Å². The number of benzene rings is 1. The Morgan fingerprint density at radius 2 is 2.22 bits per heavy atom. The summed E-state index contributed by atoms with van der Waals surface area (Å²) in [6.45, 7) is 6.72. The normalized spacial score (nSPS) is 21.8. The SMILES string of the molecule is C=Nc1ccccc1N1CNC2=C1C=CCC2C. The third-order valence-electron chi connectivity index (χ3n) is 3.60. The Morgan fingerprint density at radius 1 is 1.39 bits per heavy atom. The molecule has 1 aliphatic heterocycles. The molecule has 18 heavy (non-hydrogen) atoms. The summed E-state index contributed by atoms with van der Waals surface area (Å²) in [7, 11) is 0. The second kappa shape index (κ2) is 4.33. The van der Waals surface area contributed by atoms with Crippen LogP contribution in [0.1, 0.15) is 13.3 Å². The van der Waals surface area contributed by atoms with E-state index in [-0.39, 0.29) is 0 Å². The van der Waals surface area contributed by atoms with Gasteiger partial charge in [-0.25, -0.2) is 0 Å². The molecule has 1 aromatic carbocycles. The summed E-state index contributed by atoms with van der Waals surface area (Å²) in [5, 5.41) is 3.50. The first-order valence-electron chi connectivity index (χ1n) is 6.29. The molecule has 3 rings (SSSR count). The summed E-state index contributed by atoms with van der Waals surface area (Å²) in [5.74, 6) is 0.568. The van der Waals surface area contributed by atoms with Crippen LogP contribution < -0.4 is 10.2 Å². The van der Waals surface area contributed by atoms with Gasteiger partial charge in [0.1, 0.15) is 0 Å². The van der Waals surface area contributed by atoms with E-state index in [1.807, 2.05) is 18.2 Å². The van der Waals surface area contributed by atoms with Gasteiger partial charge in [-0.2, -0.15) is 0 Å².